The van der Waals surface area contributed by atoms with Gasteiger partial charge in [-0.05, 0) is 18.7 Å². The van der Waals surface area contributed by atoms with Gasteiger partial charge in [-0.25, -0.2) is 0 Å². The molecule has 0 heterocycles. The van der Waals surface area contributed by atoms with Crippen LogP contribution in [-0.2, 0) is 16.6 Å². The Labute approximate surface area is 52.5 Å². The highest BCUT2D eigenvalue weighted by Crippen LogP contribution is 2.33. The van der Waals surface area contributed by atoms with Crippen LogP contribution in [0.25, 0.3) is 0 Å². The van der Waals surface area contributed by atoms with Gasteiger partial charge in [0, 0.05) is 0 Å². The Morgan fingerprint density at radius 3 is 2.12 bits per heavy atom. The zero-order valence-corrected chi connectivity index (χ0v) is 6.08. The summed E-state index contributed by atoms with van der Waals surface area (Å²) in [6, 6.07) is 0. The monoisotopic (exact) mass is 154 g/mol. The van der Waals surface area contributed by atoms with E-state index in [4.69, 9.17) is 9.79 Å². The average Bonchev–Trinajstić information content (AvgIpc) is 1.21. The van der Waals surface area contributed by atoms with E-state index in [0.717, 1.165) is 0 Å². The van der Waals surface area contributed by atoms with E-state index in [1.807, 2.05) is 0 Å². The lowest BCUT2D eigenvalue weighted by Gasteiger charge is -2.01. The van der Waals surface area contributed by atoms with Gasteiger partial charge in [0.25, 0.3) is 0 Å². The molecule has 0 aromatic rings. The first-order chi connectivity index (χ1) is 3.42. The van der Waals surface area contributed by atoms with E-state index in [-0.39, 0.29) is 11.9 Å². The molecule has 2 N–H and O–H groups in total. The zero-order chi connectivity index (χ0) is 6.78. The summed E-state index contributed by atoms with van der Waals surface area (Å²) < 4.78 is 0. The van der Waals surface area contributed by atoms with Crippen molar-refractivity contribution in [3.05, 3.63) is 0 Å². The molecule has 0 atom stereocenters. The maximum Gasteiger partial charge on any atom is 0.190 e. The maximum atomic E-state index is 10.1. The first-order valence-corrected chi connectivity index (χ1v) is 4.85. The van der Waals surface area contributed by atoms with Crippen molar-refractivity contribution < 1.29 is 14.6 Å². The SMILES string of the molecule is CC(=O)CP(O)(O)=S. The molecule has 3 nitrogen and oxygen atoms in total. The van der Waals surface area contributed by atoms with Crippen LogP contribution in [0.15, 0.2) is 0 Å². The molecule has 0 saturated heterocycles. The first kappa shape index (κ1) is 8.24. The molecule has 0 fully saturated rings. The summed E-state index contributed by atoms with van der Waals surface area (Å²) in [4.78, 5) is 27.0. The largest absolute Gasteiger partial charge is 0.345 e. The summed E-state index contributed by atoms with van der Waals surface area (Å²) in [6.07, 6.45) is -0.275. The minimum Gasteiger partial charge on any atom is -0.345 e. The van der Waals surface area contributed by atoms with Crippen LogP contribution >= 0.6 is 6.49 Å². The van der Waals surface area contributed by atoms with E-state index >= 15 is 0 Å². The van der Waals surface area contributed by atoms with Crippen molar-refractivity contribution in [1.29, 1.82) is 0 Å². The molecule has 0 bridgehead atoms. The van der Waals surface area contributed by atoms with Gasteiger partial charge in [-0.3, -0.25) is 4.79 Å². The minimum atomic E-state index is -3.24. The fourth-order valence-corrected chi connectivity index (χ4v) is 1.42. The van der Waals surface area contributed by atoms with E-state index in [2.05, 4.69) is 11.8 Å². The summed E-state index contributed by atoms with van der Waals surface area (Å²) in [6.45, 7) is -1.97. The lowest BCUT2D eigenvalue weighted by Crippen LogP contribution is -1.97. The standard InChI is InChI=1S/C3H7O3PS/c1-3(4)2-7(5,6)8/h2H2,1H3,(H2,5,6,8). The van der Waals surface area contributed by atoms with Crippen LogP contribution in [-0.4, -0.2) is 21.7 Å². The molecule has 0 aliphatic heterocycles. The molecular weight excluding hydrogens is 147 g/mol. The Kier molecular flexibility index (Phi) is 2.77. The number of ketones is 1. The molecule has 0 aliphatic rings. The van der Waals surface area contributed by atoms with Crippen LogP contribution in [0.3, 0.4) is 0 Å². The second kappa shape index (κ2) is 2.69. The number of Topliss-reactive ketones (excluding diaryl/α,β-unsaturated/α-hetero) is 1. The van der Waals surface area contributed by atoms with E-state index in [0.29, 0.717) is 0 Å². The van der Waals surface area contributed by atoms with Crippen molar-refractivity contribution in [3.8, 4) is 0 Å². The number of hydrogen-bond donors (Lipinski definition) is 2. The van der Waals surface area contributed by atoms with Gasteiger partial charge in [-0.2, -0.15) is 0 Å². The third kappa shape index (κ3) is 6.24. The molecule has 48 valence electrons. The highest BCUT2D eigenvalue weighted by molar-refractivity contribution is 8.09. The van der Waals surface area contributed by atoms with Crippen LogP contribution in [0.5, 0.6) is 0 Å². The Bertz CT molecular complexity index is 137. The summed E-state index contributed by atoms with van der Waals surface area (Å²) >= 11 is 4.16. The Balaban J connectivity index is 3.74. The Hall–Kier alpha value is 0.240. The van der Waals surface area contributed by atoms with E-state index in [1.54, 1.807) is 0 Å². The molecule has 0 saturated carbocycles. The summed E-state index contributed by atoms with van der Waals surface area (Å²) in [7, 11) is 0. The van der Waals surface area contributed by atoms with Crippen molar-refractivity contribution in [2.75, 3.05) is 6.16 Å². The van der Waals surface area contributed by atoms with Crippen molar-refractivity contribution in [1.82, 2.24) is 0 Å². The van der Waals surface area contributed by atoms with Gasteiger partial charge in [0.15, 0.2) is 6.49 Å². The van der Waals surface area contributed by atoms with Crippen LogP contribution in [0.1, 0.15) is 6.92 Å². The average molecular weight is 154 g/mol. The van der Waals surface area contributed by atoms with Crippen LogP contribution in [0, 0.1) is 0 Å². The van der Waals surface area contributed by atoms with Gasteiger partial charge in [-0.1, -0.05) is 0 Å². The molecule has 0 amide bonds. The third-order valence-corrected chi connectivity index (χ3v) is 1.67. The first-order valence-electron chi connectivity index (χ1n) is 1.96. The molecule has 0 spiro atoms. The lowest BCUT2D eigenvalue weighted by atomic mass is 10.5. The molecule has 0 aromatic heterocycles. The fraction of sp³-hybridized carbons (Fsp3) is 0.667. The predicted octanol–water partition coefficient (Wildman–Crippen LogP) is -0.131. The normalized spacial score (nSPS) is 11.4. The van der Waals surface area contributed by atoms with Crippen molar-refractivity contribution in [2.24, 2.45) is 0 Å². The highest BCUT2D eigenvalue weighted by Gasteiger charge is 2.09. The molecule has 0 aliphatic carbocycles. The molecule has 5 heteroatoms. The Morgan fingerprint density at radius 2 is 2.12 bits per heavy atom. The van der Waals surface area contributed by atoms with Crippen LogP contribution in [0.4, 0.5) is 0 Å². The second-order valence-corrected chi connectivity index (χ2v) is 4.92. The number of hydrogen-bond acceptors (Lipinski definition) is 2. The molecule has 8 heavy (non-hydrogen) atoms. The minimum absolute atomic E-state index is 0.275. The highest BCUT2D eigenvalue weighted by atomic mass is 32.5. The molecule has 0 radical (unpaired) electrons. The topological polar surface area (TPSA) is 57.5 Å². The van der Waals surface area contributed by atoms with Crippen LogP contribution < -0.4 is 0 Å². The van der Waals surface area contributed by atoms with E-state index in [1.165, 1.54) is 6.92 Å². The Morgan fingerprint density at radius 1 is 1.75 bits per heavy atom. The van der Waals surface area contributed by atoms with Crippen LogP contribution in [0.2, 0.25) is 0 Å². The van der Waals surface area contributed by atoms with E-state index < -0.39 is 6.49 Å². The van der Waals surface area contributed by atoms with Gasteiger partial charge in [0.1, 0.15) is 5.78 Å². The van der Waals surface area contributed by atoms with Gasteiger partial charge >= 0.3 is 0 Å². The van der Waals surface area contributed by atoms with Gasteiger partial charge < -0.3 is 9.79 Å². The quantitative estimate of drug-likeness (QED) is 0.544. The summed E-state index contributed by atoms with van der Waals surface area (Å²) in [5, 5.41) is 0. The second-order valence-electron chi connectivity index (χ2n) is 1.52. The van der Waals surface area contributed by atoms with E-state index in [9.17, 15) is 4.79 Å². The van der Waals surface area contributed by atoms with Crippen molar-refractivity contribution >= 4 is 24.1 Å². The fourth-order valence-electron chi connectivity index (χ4n) is 0.290. The molecule has 0 rings (SSSR count). The maximum absolute atomic E-state index is 10.1. The smallest absolute Gasteiger partial charge is 0.190 e. The lowest BCUT2D eigenvalue weighted by molar-refractivity contribution is -0.114. The zero-order valence-electron chi connectivity index (χ0n) is 4.37. The van der Waals surface area contributed by atoms with Crippen molar-refractivity contribution in [2.45, 2.75) is 6.92 Å². The molecule has 0 unspecified atom stereocenters. The van der Waals surface area contributed by atoms with Gasteiger partial charge in [-0.15, -0.1) is 0 Å². The van der Waals surface area contributed by atoms with Crippen molar-refractivity contribution in [3.63, 3.8) is 0 Å². The predicted molar refractivity (Wildman–Crippen MR) is 34.3 cm³/mol. The number of carbonyl (C=O) groups is 1. The summed E-state index contributed by atoms with van der Waals surface area (Å²) in [5.41, 5.74) is 0. The number of rotatable bonds is 2. The van der Waals surface area contributed by atoms with Gasteiger partial charge in [0.05, 0.1) is 6.16 Å². The van der Waals surface area contributed by atoms with Gasteiger partial charge in [0.2, 0.25) is 0 Å². The number of carbonyl (C=O) groups excluding carboxylic acids is 1. The molecule has 0 aromatic carbocycles. The summed E-state index contributed by atoms with van der Waals surface area (Å²) in [5.74, 6) is -0.279. The third-order valence-electron chi connectivity index (χ3n) is 0.429. The molecular formula is C3H7O3PS.